The summed E-state index contributed by atoms with van der Waals surface area (Å²) >= 11 is 0. The summed E-state index contributed by atoms with van der Waals surface area (Å²) in [6, 6.07) is 17.6. The fourth-order valence-corrected chi connectivity index (χ4v) is 4.84. The van der Waals surface area contributed by atoms with Gasteiger partial charge in [0.15, 0.2) is 18.5 Å². The normalized spacial score (nSPS) is 20.5. The topological polar surface area (TPSA) is 179 Å². The van der Waals surface area contributed by atoms with Crippen LogP contribution in [0.25, 0.3) is 0 Å². The first kappa shape index (κ1) is 37.8. The van der Waals surface area contributed by atoms with Gasteiger partial charge in [-0.3, -0.25) is 28.2 Å². The number of methoxy groups -OCH3 is 1. The first-order valence-electron chi connectivity index (χ1n) is 14.6. The molecule has 1 fully saturated rings. The molecule has 3 rings (SSSR count). The van der Waals surface area contributed by atoms with E-state index in [4.69, 9.17) is 37.5 Å². The van der Waals surface area contributed by atoms with Crippen LogP contribution in [0.4, 0.5) is 0 Å². The molecule has 1 aliphatic rings. The van der Waals surface area contributed by atoms with E-state index in [9.17, 15) is 28.6 Å². The number of ether oxygens (including phenoxy) is 6. The molecule has 0 spiro atoms. The van der Waals surface area contributed by atoms with Crippen LogP contribution in [-0.4, -0.2) is 106 Å². The molecule has 0 amide bonds. The van der Waals surface area contributed by atoms with Gasteiger partial charge in [-0.05, 0) is 11.1 Å². The second-order valence-electron chi connectivity index (χ2n) is 11.4. The van der Waals surface area contributed by atoms with E-state index in [1.807, 2.05) is 21.1 Å². The van der Waals surface area contributed by atoms with Crippen LogP contribution in [0.2, 0.25) is 0 Å². The first-order chi connectivity index (χ1) is 22.2. The summed E-state index contributed by atoms with van der Waals surface area (Å²) in [4.78, 5) is 60.4. The van der Waals surface area contributed by atoms with Gasteiger partial charge in [0.25, 0.3) is 0 Å². The summed E-state index contributed by atoms with van der Waals surface area (Å²) < 4.78 is 55.2. The van der Waals surface area contributed by atoms with Crippen LogP contribution in [0.3, 0.4) is 0 Å². The highest BCUT2D eigenvalue weighted by atomic mass is 31.2. The predicted octanol–water partition coefficient (Wildman–Crippen LogP) is 2.29. The molecule has 5 unspecified atom stereocenters. The summed E-state index contributed by atoms with van der Waals surface area (Å²) in [5.74, 6) is -3.91. The van der Waals surface area contributed by atoms with Gasteiger partial charge in [-0.2, -0.15) is 0 Å². The van der Waals surface area contributed by atoms with Crippen LogP contribution in [0.15, 0.2) is 60.7 Å². The summed E-state index contributed by atoms with van der Waals surface area (Å²) in [6.07, 6.45) is -7.25. The predicted molar refractivity (Wildman–Crippen MR) is 162 cm³/mol. The van der Waals surface area contributed by atoms with Crippen molar-refractivity contribution in [3.05, 3.63) is 71.8 Å². The number of carbonyl (C=O) groups excluding carboxylic acids is 4. The van der Waals surface area contributed by atoms with E-state index < -0.39 is 75.8 Å². The third-order valence-corrected chi connectivity index (χ3v) is 7.50. The smallest absolute Gasteiger partial charge is 0.460 e. The fourth-order valence-electron chi connectivity index (χ4n) is 4.12. The molecule has 0 aromatic heterocycles. The molecule has 0 bridgehead atoms. The Morgan fingerprint density at radius 2 is 1.26 bits per heavy atom. The van der Waals surface area contributed by atoms with Crippen LogP contribution in [-0.2, 0) is 74.4 Å². The molecule has 1 aliphatic heterocycles. The largest absolute Gasteiger partial charge is 0.472 e. The maximum Gasteiger partial charge on any atom is 0.472 e. The number of nitrogens with zero attached hydrogens (tertiary/aromatic N) is 1. The molecule has 258 valence electrons. The van der Waals surface area contributed by atoms with Gasteiger partial charge in [0.05, 0.1) is 27.7 Å². The summed E-state index contributed by atoms with van der Waals surface area (Å²) in [5, 5.41) is 0. The number of phosphoric acid groups is 1. The van der Waals surface area contributed by atoms with E-state index in [0.29, 0.717) is 22.2 Å². The maximum absolute atomic E-state index is 12.8. The monoisotopic (exact) mass is 682 g/mol. The Hall–Kier alpha value is -3.69. The zero-order valence-corrected chi connectivity index (χ0v) is 27.6. The van der Waals surface area contributed by atoms with Crippen LogP contribution >= 0.6 is 7.82 Å². The number of phosphoric ester groups is 1. The van der Waals surface area contributed by atoms with E-state index in [1.165, 1.54) is 7.11 Å². The lowest BCUT2D eigenvalue weighted by Crippen LogP contribution is -2.42. The fraction of sp³-hybridized carbons (Fsp3) is 0.484. The molecule has 47 heavy (non-hydrogen) atoms. The van der Waals surface area contributed by atoms with E-state index in [0.717, 1.165) is 0 Å². The van der Waals surface area contributed by atoms with Gasteiger partial charge in [-0.15, -0.1) is 0 Å². The summed E-state index contributed by atoms with van der Waals surface area (Å²) in [6.45, 7) is -0.526. The molecule has 0 aliphatic carbocycles. The number of benzene rings is 2. The molecule has 16 heteroatoms. The van der Waals surface area contributed by atoms with Crippen molar-refractivity contribution in [1.82, 2.24) is 0 Å². The van der Waals surface area contributed by atoms with E-state index in [2.05, 4.69) is 0 Å². The highest BCUT2D eigenvalue weighted by molar-refractivity contribution is 7.47. The molecule has 1 saturated heterocycles. The Kier molecular flexibility index (Phi) is 14.5. The molecule has 5 atom stereocenters. The minimum Gasteiger partial charge on any atom is -0.460 e. The van der Waals surface area contributed by atoms with E-state index in [1.54, 1.807) is 60.7 Å². The summed E-state index contributed by atoms with van der Waals surface area (Å²) in [7, 11) is 2.22. The third kappa shape index (κ3) is 13.9. The van der Waals surface area contributed by atoms with Gasteiger partial charge < -0.3 is 37.8 Å². The van der Waals surface area contributed by atoms with Gasteiger partial charge in [0, 0.05) is 7.11 Å². The van der Waals surface area contributed by atoms with Gasteiger partial charge in [0.1, 0.15) is 45.3 Å². The van der Waals surface area contributed by atoms with Gasteiger partial charge >= 0.3 is 31.7 Å². The second-order valence-corrected chi connectivity index (χ2v) is 12.9. The molecule has 0 radical (unpaired) electrons. The van der Waals surface area contributed by atoms with Crippen molar-refractivity contribution < 1.29 is 70.6 Å². The standard InChI is InChI=1S/C31H40NO14P/c1-32(2,3)15-16-42-47(37,38)43-21-24-29(45-27(35)17-25(33)40-19-22-11-7-5-8-12-22)30(31(39-4)44-24)46-28(36)18-26(34)41-20-23-13-9-6-10-14-23/h5-14,24,29-31H,15-21H2,1-4H3/p+1. The van der Waals surface area contributed by atoms with Gasteiger partial charge in [0.2, 0.25) is 0 Å². The van der Waals surface area contributed by atoms with Crippen molar-refractivity contribution in [1.29, 1.82) is 0 Å². The Balaban J connectivity index is 1.65. The van der Waals surface area contributed by atoms with E-state index >= 15 is 0 Å². The van der Waals surface area contributed by atoms with Crippen LogP contribution in [0.5, 0.6) is 0 Å². The van der Waals surface area contributed by atoms with Crippen molar-refractivity contribution in [3.8, 4) is 0 Å². The second kappa shape index (κ2) is 18.0. The Labute approximate surface area is 272 Å². The SMILES string of the molecule is COC1OC(COP(=O)(O)OCC[N+](C)(C)C)C(OC(=O)CC(=O)OCc2ccccc2)C1OC(=O)CC(=O)OCc1ccccc1. The van der Waals surface area contributed by atoms with Crippen LogP contribution in [0.1, 0.15) is 24.0 Å². The molecule has 2 aromatic rings. The highest BCUT2D eigenvalue weighted by Gasteiger charge is 2.51. The molecule has 1 N–H and O–H groups in total. The van der Waals surface area contributed by atoms with Crippen molar-refractivity contribution in [3.63, 3.8) is 0 Å². The Morgan fingerprint density at radius 1 is 0.766 bits per heavy atom. The zero-order chi connectivity index (χ0) is 34.5. The average Bonchev–Trinajstić information content (AvgIpc) is 3.33. The lowest BCUT2D eigenvalue weighted by atomic mass is 10.1. The molecule has 2 aromatic carbocycles. The molecular weight excluding hydrogens is 641 g/mol. The van der Waals surface area contributed by atoms with Crippen LogP contribution in [0, 0.1) is 0 Å². The van der Waals surface area contributed by atoms with Crippen molar-refractivity contribution >= 4 is 31.7 Å². The quantitative estimate of drug-likeness (QED) is 0.0796. The summed E-state index contributed by atoms with van der Waals surface area (Å²) in [5.41, 5.74) is 1.41. The minimum absolute atomic E-state index is 0.0712. The number of carbonyl (C=O) groups is 4. The van der Waals surface area contributed by atoms with E-state index in [-0.39, 0.29) is 19.8 Å². The van der Waals surface area contributed by atoms with Crippen molar-refractivity contribution in [2.75, 3.05) is 48.0 Å². The molecule has 1 heterocycles. The number of hydrogen-bond donors (Lipinski definition) is 1. The molecule has 0 saturated carbocycles. The van der Waals surface area contributed by atoms with Crippen molar-refractivity contribution in [2.45, 2.75) is 50.7 Å². The zero-order valence-electron chi connectivity index (χ0n) is 26.7. The van der Waals surface area contributed by atoms with Crippen molar-refractivity contribution in [2.24, 2.45) is 0 Å². The lowest BCUT2D eigenvalue weighted by Gasteiger charge is -2.25. The lowest BCUT2D eigenvalue weighted by molar-refractivity contribution is -0.870. The number of esters is 4. The van der Waals surface area contributed by atoms with Gasteiger partial charge in [-0.25, -0.2) is 4.57 Å². The number of quaternary nitrogens is 1. The average molecular weight is 683 g/mol. The van der Waals surface area contributed by atoms with Crippen LogP contribution < -0.4 is 0 Å². The Bertz CT molecular complexity index is 1370. The minimum atomic E-state index is -4.59. The molecular formula is C31H41NO14P+. The first-order valence-corrected chi connectivity index (χ1v) is 16.1. The maximum atomic E-state index is 12.8. The highest BCUT2D eigenvalue weighted by Crippen LogP contribution is 2.44. The third-order valence-electron chi connectivity index (χ3n) is 6.52. The number of hydrogen-bond acceptors (Lipinski definition) is 13. The number of rotatable bonds is 18. The van der Waals surface area contributed by atoms with Gasteiger partial charge in [-0.1, -0.05) is 60.7 Å². The molecule has 15 nitrogen and oxygen atoms in total. The Morgan fingerprint density at radius 3 is 1.72 bits per heavy atom. The number of likely N-dealkylation sites (N-methyl/N-ethyl adjacent to an activating group) is 1.